The number of fused-ring (bicyclic) bond motifs is 1. The molecule has 8 heteroatoms. The summed E-state index contributed by atoms with van der Waals surface area (Å²) in [5.74, 6) is 1.40. The molecule has 3 rings (SSSR count). The number of unbranched alkanes of at least 4 members (excludes halogenated alkanes) is 5. The van der Waals surface area contributed by atoms with Crippen LogP contribution >= 0.6 is 11.8 Å². The SMILES string of the molecule is CCCCCCCCN[C@@H](CCSC)C(=O)Nc1cc(N(C)c2cc(=O)oc3ccccc23)ccc1OC. The Hall–Kier alpha value is -2.97. The number of nitrogens with one attached hydrogen (secondary N) is 2. The smallest absolute Gasteiger partial charge is 0.338 e. The molecule has 0 saturated heterocycles. The zero-order valence-electron chi connectivity index (χ0n) is 23.0. The fourth-order valence-corrected chi connectivity index (χ4v) is 4.95. The third-order valence-corrected chi connectivity index (χ3v) is 7.31. The van der Waals surface area contributed by atoms with E-state index in [0.29, 0.717) is 17.0 Å². The van der Waals surface area contributed by atoms with Crippen molar-refractivity contribution in [3.8, 4) is 5.75 Å². The van der Waals surface area contributed by atoms with Crippen LogP contribution in [0.25, 0.3) is 11.0 Å². The molecule has 0 fully saturated rings. The van der Waals surface area contributed by atoms with Crippen molar-refractivity contribution in [3.63, 3.8) is 0 Å². The van der Waals surface area contributed by atoms with Crippen molar-refractivity contribution in [2.45, 2.75) is 57.9 Å². The zero-order chi connectivity index (χ0) is 27.3. The molecule has 206 valence electrons. The van der Waals surface area contributed by atoms with E-state index >= 15 is 0 Å². The van der Waals surface area contributed by atoms with Crippen molar-refractivity contribution in [1.82, 2.24) is 5.32 Å². The van der Waals surface area contributed by atoms with E-state index < -0.39 is 5.63 Å². The number of hydrogen-bond donors (Lipinski definition) is 2. The second kappa shape index (κ2) is 15.4. The number of anilines is 3. The minimum absolute atomic E-state index is 0.0751. The van der Waals surface area contributed by atoms with Gasteiger partial charge in [0, 0.05) is 24.2 Å². The Balaban J connectivity index is 1.76. The third kappa shape index (κ3) is 8.27. The highest BCUT2D eigenvalue weighted by Crippen LogP contribution is 2.34. The molecule has 7 nitrogen and oxygen atoms in total. The van der Waals surface area contributed by atoms with Crippen molar-refractivity contribution < 1.29 is 13.9 Å². The van der Waals surface area contributed by atoms with Crippen molar-refractivity contribution in [1.29, 1.82) is 0 Å². The van der Waals surface area contributed by atoms with Crippen LogP contribution in [0.4, 0.5) is 17.1 Å². The maximum Gasteiger partial charge on any atom is 0.338 e. The molecule has 0 aliphatic heterocycles. The predicted molar refractivity (Wildman–Crippen MR) is 160 cm³/mol. The van der Waals surface area contributed by atoms with Gasteiger partial charge in [0.15, 0.2) is 0 Å². The lowest BCUT2D eigenvalue weighted by molar-refractivity contribution is -0.118. The second-order valence-corrected chi connectivity index (χ2v) is 10.4. The highest BCUT2D eigenvalue weighted by atomic mass is 32.2. The number of amides is 1. The summed E-state index contributed by atoms with van der Waals surface area (Å²) in [5, 5.41) is 7.39. The lowest BCUT2D eigenvalue weighted by Crippen LogP contribution is -2.41. The van der Waals surface area contributed by atoms with Crippen LogP contribution in [0.2, 0.25) is 0 Å². The van der Waals surface area contributed by atoms with Crippen LogP contribution in [-0.4, -0.2) is 44.7 Å². The van der Waals surface area contributed by atoms with E-state index in [4.69, 9.17) is 9.15 Å². The number of methoxy groups -OCH3 is 1. The van der Waals surface area contributed by atoms with Gasteiger partial charge < -0.3 is 24.7 Å². The molecule has 1 aromatic heterocycles. The van der Waals surface area contributed by atoms with Gasteiger partial charge in [0.05, 0.1) is 24.5 Å². The van der Waals surface area contributed by atoms with Gasteiger partial charge in [-0.3, -0.25) is 4.79 Å². The number of hydrogen-bond acceptors (Lipinski definition) is 7. The van der Waals surface area contributed by atoms with E-state index in [9.17, 15) is 9.59 Å². The number of nitrogens with zero attached hydrogens (tertiary/aromatic N) is 1. The average Bonchev–Trinajstić information content (AvgIpc) is 2.93. The van der Waals surface area contributed by atoms with Gasteiger partial charge in [-0.2, -0.15) is 11.8 Å². The lowest BCUT2D eigenvalue weighted by Gasteiger charge is -2.23. The van der Waals surface area contributed by atoms with E-state index in [1.54, 1.807) is 24.9 Å². The van der Waals surface area contributed by atoms with Gasteiger partial charge in [0.25, 0.3) is 0 Å². The first kappa shape index (κ1) is 29.6. The number of carbonyl (C=O) groups excluding carboxylic acids is 1. The standard InChI is InChI=1S/C30H41N3O4S/c1-5-6-7-8-9-12-18-31-24(17-19-38-4)30(35)32-25-20-22(15-16-28(25)36-3)33(2)26-21-29(34)37-27-14-11-10-13-23(26)27/h10-11,13-16,20-21,24,31H,5-9,12,17-19H2,1-4H3,(H,32,35)/t24-/m0/s1. The van der Waals surface area contributed by atoms with Gasteiger partial charge in [-0.1, -0.05) is 51.2 Å². The summed E-state index contributed by atoms with van der Waals surface area (Å²) in [4.78, 5) is 27.5. The van der Waals surface area contributed by atoms with E-state index in [-0.39, 0.29) is 11.9 Å². The molecule has 1 atom stereocenters. The fourth-order valence-electron chi connectivity index (χ4n) is 4.48. The highest BCUT2D eigenvalue weighted by Gasteiger charge is 2.20. The molecule has 0 bridgehead atoms. The maximum absolute atomic E-state index is 13.4. The largest absolute Gasteiger partial charge is 0.495 e. The summed E-state index contributed by atoms with van der Waals surface area (Å²) < 4.78 is 10.9. The van der Waals surface area contributed by atoms with Crippen molar-refractivity contribution in [2.24, 2.45) is 0 Å². The molecule has 2 N–H and O–H groups in total. The van der Waals surface area contributed by atoms with Crippen LogP contribution in [-0.2, 0) is 4.79 Å². The molecule has 0 spiro atoms. The fraction of sp³-hybridized carbons (Fsp3) is 0.467. The predicted octanol–water partition coefficient (Wildman–Crippen LogP) is 6.58. The molecule has 0 radical (unpaired) electrons. The van der Waals surface area contributed by atoms with E-state index in [1.165, 1.54) is 38.2 Å². The van der Waals surface area contributed by atoms with E-state index in [2.05, 4.69) is 23.8 Å². The summed E-state index contributed by atoms with van der Waals surface area (Å²) in [7, 11) is 3.48. The topological polar surface area (TPSA) is 83.8 Å². The minimum Gasteiger partial charge on any atom is -0.495 e. The maximum atomic E-state index is 13.4. The quantitative estimate of drug-likeness (QED) is 0.157. The number of thioether (sulfide) groups is 1. The zero-order valence-corrected chi connectivity index (χ0v) is 23.9. The summed E-state index contributed by atoms with van der Waals surface area (Å²) in [5.41, 5.74) is 2.22. The summed E-state index contributed by atoms with van der Waals surface area (Å²) in [6.07, 6.45) is 10.1. The van der Waals surface area contributed by atoms with E-state index in [1.807, 2.05) is 48.3 Å². The Bertz CT molecular complexity index is 1230. The van der Waals surface area contributed by atoms with Crippen LogP contribution in [0.3, 0.4) is 0 Å². The average molecular weight is 540 g/mol. The Morgan fingerprint density at radius 1 is 1.08 bits per heavy atom. The van der Waals surface area contributed by atoms with Gasteiger partial charge >= 0.3 is 5.63 Å². The number of carbonyl (C=O) groups is 1. The summed E-state index contributed by atoms with van der Waals surface area (Å²) in [6, 6.07) is 14.2. The highest BCUT2D eigenvalue weighted by molar-refractivity contribution is 7.98. The number of ether oxygens (including phenoxy) is 1. The first-order valence-corrected chi connectivity index (χ1v) is 14.9. The van der Waals surface area contributed by atoms with Gasteiger partial charge in [-0.25, -0.2) is 4.79 Å². The van der Waals surface area contributed by atoms with Gasteiger partial charge in [-0.05, 0) is 61.7 Å². The van der Waals surface area contributed by atoms with Crippen LogP contribution in [0.5, 0.6) is 5.75 Å². The number of rotatable bonds is 16. The lowest BCUT2D eigenvalue weighted by atomic mass is 10.1. The Labute approximate surface area is 230 Å². The van der Waals surface area contributed by atoms with Crippen molar-refractivity contribution in [2.75, 3.05) is 42.9 Å². The Morgan fingerprint density at radius 2 is 1.84 bits per heavy atom. The molecular formula is C30H41N3O4S. The monoisotopic (exact) mass is 539 g/mol. The third-order valence-electron chi connectivity index (χ3n) is 6.67. The van der Waals surface area contributed by atoms with Gasteiger partial charge in [0.2, 0.25) is 5.91 Å². The molecule has 0 unspecified atom stereocenters. The molecular weight excluding hydrogens is 498 g/mol. The van der Waals surface area contributed by atoms with E-state index in [0.717, 1.165) is 41.9 Å². The van der Waals surface area contributed by atoms with Crippen molar-refractivity contribution >= 4 is 45.7 Å². The van der Waals surface area contributed by atoms with Gasteiger partial charge in [0.1, 0.15) is 11.3 Å². The van der Waals surface area contributed by atoms with Crippen LogP contribution in [0.1, 0.15) is 51.9 Å². The molecule has 3 aromatic rings. The molecule has 1 amide bonds. The normalized spacial score (nSPS) is 11.9. The molecule has 0 aliphatic carbocycles. The Kier molecular flexibility index (Phi) is 12.0. The summed E-state index contributed by atoms with van der Waals surface area (Å²) >= 11 is 1.74. The first-order chi connectivity index (χ1) is 18.5. The number of benzene rings is 2. The first-order valence-electron chi connectivity index (χ1n) is 13.5. The second-order valence-electron chi connectivity index (χ2n) is 9.44. The van der Waals surface area contributed by atoms with Gasteiger partial charge in [-0.15, -0.1) is 0 Å². The minimum atomic E-state index is -0.416. The summed E-state index contributed by atoms with van der Waals surface area (Å²) in [6.45, 7) is 3.05. The molecule has 0 saturated carbocycles. The molecule has 2 aromatic carbocycles. The van der Waals surface area contributed by atoms with Crippen LogP contribution < -0.4 is 25.9 Å². The molecule has 38 heavy (non-hydrogen) atoms. The number of para-hydroxylation sites is 1. The molecule has 1 heterocycles. The van der Waals surface area contributed by atoms with Crippen molar-refractivity contribution in [3.05, 3.63) is 59.0 Å². The Morgan fingerprint density at radius 3 is 2.61 bits per heavy atom. The van der Waals surface area contributed by atoms with Crippen LogP contribution in [0.15, 0.2) is 57.7 Å². The molecule has 0 aliphatic rings. The van der Waals surface area contributed by atoms with Crippen LogP contribution in [0, 0.1) is 0 Å².